The van der Waals surface area contributed by atoms with E-state index in [0.717, 1.165) is 5.52 Å². The molecule has 0 radical (unpaired) electrons. The zero-order chi connectivity index (χ0) is 8.55. The second kappa shape index (κ2) is 2.47. The first-order valence-corrected chi connectivity index (χ1v) is 3.59. The summed E-state index contributed by atoms with van der Waals surface area (Å²) in [5.41, 5.74) is 1.07. The maximum absolute atomic E-state index is 8.60. The third-order valence-corrected chi connectivity index (χ3v) is 1.73. The van der Waals surface area contributed by atoms with Gasteiger partial charge in [-0.15, -0.1) is 0 Å². The lowest BCUT2D eigenvalue weighted by Crippen LogP contribution is -1.75. The van der Waals surface area contributed by atoms with Gasteiger partial charge in [0.05, 0.1) is 10.9 Å². The summed E-state index contributed by atoms with van der Waals surface area (Å²) in [5.74, 6) is 0. The number of aromatic nitrogens is 3. The van der Waals surface area contributed by atoms with E-state index in [1.807, 2.05) is 6.07 Å². The molecular formula is C7H3ClN4. The summed E-state index contributed by atoms with van der Waals surface area (Å²) < 4.78 is 0. The number of hydrogen-bond donors (Lipinski definition) is 1. The van der Waals surface area contributed by atoms with Crippen LogP contribution >= 0.6 is 11.6 Å². The Kier molecular flexibility index (Phi) is 1.45. The van der Waals surface area contributed by atoms with E-state index in [4.69, 9.17) is 16.9 Å². The summed E-state index contributed by atoms with van der Waals surface area (Å²) in [6, 6.07) is 3.57. The summed E-state index contributed by atoms with van der Waals surface area (Å²) in [4.78, 5) is 3.84. The molecule has 0 saturated heterocycles. The quantitative estimate of drug-likeness (QED) is 0.622. The topological polar surface area (TPSA) is 65.4 Å². The Morgan fingerprint density at radius 2 is 2.42 bits per heavy atom. The molecule has 0 unspecified atom stereocenters. The Hall–Kier alpha value is -1.60. The maximum Gasteiger partial charge on any atom is 0.171 e. The summed E-state index contributed by atoms with van der Waals surface area (Å²) in [6.45, 7) is 0. The number of aromatic amines is 1. The van der Waals surface area contributed by atoms with Crippen molar-refractivity contribution < 1.29 is 0 Å². The SMILES string of the molecule is N#Cc1n[nH]c2cc(Cl)ncc12. The average molecular weight is 179 g/mol. The van der Waals surface area contributed by atoms with Crippen LogP contribution < -0.4 is 0 Å². The molecule has 5 heteroatoms. The molecule has 0 fully saturated rings. The molecule has 0 aromatic carbocycles. The Balaban J connectivity index is 2.84. The average Bonchev–Trinajstić information content (AvgIpc) is 2.46. The van der Waals surface area contributed by atoms with Gasteiger partial charge >= 0.3 is 0 Å². The first-order chi connectivity index (χ1) is 5.81. The van der Waals surface area contributed by atoms with Crippen LogP contribution in [0.5, 0.6) is 0 Å². The molecule has 0 bridgehead atoms. The van der Waals surface area contributed by atoms with E-state index in [2.05, 4.69) is 15.2 Å². The van der Waals surface area contributed by atoms with Gasteiger partial charge in [-0.1, -0.05) is 11.6 Å². The number of nitrogens with one attached hydrogen (secondary N) is 1. The van der Waals surface area contributed by atoms with Gasteiger partial charge < -0.3 is 0 Å². The normalized spacial score (nSPS) is 10.0. The molecule has 0 aliphatic carbocycles. The Labute approximate surface area is 72.8 Å². The molecule has 2 rings (SSSR count). The molecule has 0 atom stereocenters. The van der Waals surface area contributed by atoms with Gasteiger partial charge in [-0.25, -0.2) is 4.98 Å². The first kappa shape index (κ1) is 7.07. The molecule has 0 amide bonds. The highest BCUT2D eigenvalue weighted by Crippen LogP contribution is 2.16. The molecule has 4 nitrogen and oxygen atoms in total. The van der Waals surface area contributed by atoms with E-state index in [-0.39, 0.29) is 0 Å². The lowest BCUT2D eigenvalue weighted by Gasteiger charge is -1.87. The minimum Gasteiger partial charge on any atom is -0.276 e. The highest BCUT2D eigenvalue weighted by Gasteiger charge is 2.04. The minimum atomic E-state index is 0.342. The van der Waals surface area contributed by atoms with Crippen LogP contribution in [0.25, 0.3) is 10.9 Å². The number of fused-ring (bicyclic) bond motifs is 1. The van der Waals surface area contributed by atoms with Gasteiger partial charge in [0, 0.05) is 12.3 Å². The van der Waals surface area contributed by atoms with Gasteiger partial charge in [-0.05, 0) is 0 Å². The van der Waals surface area contributed by atoms with Crippen LogP contribution in [0, 0.1) is 11.3 Å². The van der Waals surface area contributed by atoms with Crippen LogP contribution in [0.15, 0.2) is 12.3 Å². The van der Waals surface area contributed by atoms with Gasteiger partial charge in [0.15, 0.2) is 5.69 Å². The molecule has 1 N–H and O–H groups in total. The van der Waals surface area contributed by atoms with E-state index in [1.165, 1.54) is 6.20 Å². The highest BCUT2D eigenvalue weighted by atomic mass is 35.5. The van der Waals surface area contributed by atoms with Crippen molar-refractivity contribution in [2.75, 3.05) is 0 Å². The van der Waals surface area contributed by atoms with Crippen molar-refractivity contribution in [1.29, 1.82) is 5.26 Å². The van der Waals surface area contributed by atoms with Gasteiger partial charge in [0.25, 0.3) is 0 Å². The molecule has 2 heterocycles. The third-order valence-electron chi connectivity index (χ3n) is 1.52. The van der Waals surface area contributed by atoms with E-state index in [0.29, 0.717) is 16.2 Å². The molecule has 2 aromatic heterocycles. The summed E-state index contributed by atoms with van der Waals surface area (Å²) in [6.07, 6.45) is 1.53. The monoisotopic (exact) mass is 178 g/mol. The molecule has 0 saturated carbocycles. The van der Waals surface area contributed by atoms with Gasteiger partial charge in [0.1, 0.15) is 11.2 Å². The number of pyridine rings is 1. The Morgan fingerprint density at radius 3 is 3.17 bits per heavy atom. The van der Waals surface area contributed by atoms with Crippen molar-refractivity contribution in [3.63, 3.8) is 0 Å². The third kappa shape index (κ3) is 0.917. The Bertz CT molecular complexity index is 468. The van der Waals surface area contributed by atoms with E-state index in [9.17, 15) is 0 Å². The lowest BCUT2D eigenvalue weighted by atomic mass is 10.3. The molecule has 58 valence electrons. The van der Waals surface area contributed by atoms with E-state index < -0.39 is 0 Å². The number of nitriles is 1. The van der Waals surface area contributed by atoms with Crippen LogP contribution in [-0.4, -0.2) is 15.2 Å². The van der Waals surface area contributed by atoms with Crippen molar-refractivity contribution in [2.24, 2.45) is 0 Å². The van der Waals surface area contributed by atoms with E-state index in [1.54, 1.807) is 6.07 Å². The number of H-pyrrole nitrogens is 1. The molecule has 2 aromatic rings. The standard InChI is InChI=1S/C7H3ClN4/c8-7-1-5-4(3-10-7)6(2-9)12-11-5/h1,3H,(H,11,12). The van der Waals surface area contributed by atoms with E-state index >= 15 is 0 Å². The van der Waals surface area contributed by atoms with Gasteiger partial charge in [0.2, 0.25) is 0 Å². The fourth-order valence-electron chi connectivity index (χ4n) is 0.973. The van der Waals surface area contributed by atoms with Crippen LogP contribution in [-0.2, 0) is 0 Å². The second-order valence-electron chi connectivity index (χ2n) is 2.24. The van der Waals surface area contributed by atoms with Crippen LogP contribution in [0.1, 0.15) is 5.69 Å². The first-order valence-electron chi connectivity index (χ1n) is 3.21. The number of hydrogen-bond acceptors (Lipinski definition) is 3. The fourth-order valence-corrected chi connectivity index (χ4v) is 1.13. The highest BCUT2D eigenvalue weighted by molar-refractivity contribution is 6.30. The van der Waals surface area contributed by atoms with Crippen molar-refractivity contribution in [1.82, 2.24) is 15.2 Å². The van der Waals surface area contributed by atoms with Crippen LogP contribution in [0.2, 0.25) is 5.15 Å². The summed E-state index contributed by atoms with van der Waals surface area (Å²) in [5, 5.41) is 16.1. The minimum absolute atomic E-state index is 0.342. The van der Waals surface area contributed by atoms with Crippen molar-refractivity contribution in [3.8, 4) is 6.07 Å². The Morgan fingerprint density at radius 1 is 1.58 bits per heavy atom. The summed E-state index contributed by atoms with van der Waals surface area (Å²) in [7, 11) is 0. The zero-order valence-corrected chi connectivity index (χ0v) is 6.63. The lowest BCUT2D eigenvalue weighted by molar-refractivity contribution is 1.10. The smallest absolute Gasteiger partial charge is 0.171 e. The van der Waals surface area contributed by atoms with Gasteiger partial charge in [-0.2, -0.15) is 10.4 Å². The number of rotatable bonds is 0. The largest absolute Gasteiger partial charge is 0.276 e. The maximum atomic E-state index is 8.60. The molecule has 0 aliphatic rings. The number of nitrogens with zero attached hydrogens (tertiary/aromatic N) is 3. The second-order valence-corrected chi connectivity index (χ2v) is 2.62. The van der Waals surface area contributed by atoms with Crippen molar-refractivity contribution in [3.05, 3.63) is 23.1 Å². The molecular weight excluding hydrogens is 176 g/mol. The number of halogens is 1. The predicted octanol–water partition coefficient (Wildman–Crippen LogP) is 1.48. The summed E-state index contributed by atoms with van der Waals surface area (Å²) >= 11 is 5.63. The van der Waals surface area contributed by atoms with Crippen molar-refractivity contribution >= 4 is 22.5 Å². The molecule has 0 spiro atoms. The van der Waals surface area contributed by atoms with Crippen LogP contribution in [0.3, 0.4) is 0 Å². The van der Waals surface area contributed by atoms with Gasteiger partial charge in [-0.3, -0.25) is 5.10 Å². The molecule has 12 heavy (non-hydrogen) atoms. The van der Waals surface area contributed by atoms with Crippen LogP contribution in [0.4, 0.5) is 0 Å². The molecule has 0 aliphatic heterocycles. The fraction of sp³-hybridized carbons (Fsp3) is 0. The predicted molar refractivity (Wildman–Crippen MR) is 43.6 cm³/mol. The van der Waals surface area contributed by atoms with Crippen molar-refractivity contribution in [2.45, 2.75) is 0 Å². The zero-order valence-electron chi connectivity index (χ0n) is 5.87.